The van der Waals surface area contributed by atoms with Gasteiger partial charge in [0.05, 0.1) is 19.8 Å². The fourth-order valence-corrected chi connectivity index (χ4v) is 2.12. The number of nitrogens with zero attached hydrogens (tertiary/aromatic N) is 1. The Morgan fingerprint density at radius 1 is 1.00 bits per heavy atom. The maximum atomic E-state index is 12.1. The number of methoxy groups -OCH3 is 2. The van der Waals surface area contributed by atoms with Crippen LogP contribution >= 0.6 is 0 Å². The monoisotopic (exact) mass is 315 g/mol. The van der Waals surface area contributed by atoms with Crippen LogP contribution < -0.4 is 14.4 Å². The Kier molecular flexibility index (Phi) is 5.46. The van der Waals surface area contributed by atoms with Crippen LogP contribution in [-0.4, -0.2) is 34.3 Å². The van der Waals surface area contributed by atoms with Crippen LogP contribution in [0.3, 0.4) is 0 Å². The lowest BCUT2D eigenvalue weighted by molar-refractivity contribution is 0.0470. The second-order valence-electron chi connectivity index (χ2n) is 5.20. The third-order valence-electron chi connectivity index (χ3n) is 3.47. The molecule has 0 radical (unpaired) electrons. The summed E-state index contributed by atoms with van der Waals surface area (Å²) < 4.78 is 15.8. The summed E-state index contributed by atoms with van der Waals surface area (Å²) in [5.74, 6) is 0.967. The number of anilines is 1. The minimum absolute atomic E-state index is 0.120. The molecule has 122 valence electrons. The highest BCUT2D eigenvalue weighted by Crippen LogP contribution is 2.25. The van der Waals surface area contributed by atoms with Gasteiger partial charge in [-0.05, 0) is 42.5 Å². The second-order valence-corrected chi connectivity index (χ2v) is 5.20. The lowest BCUT2D eigenvalue weighted by Crippen LogP contribution is -2.10. The molecule has 2 aromatic carbocycles. The molecule has 0 atom stereocenters. The number of rotatable bonds is 6. The van der Waals surface area contributed by atoms with E-state index in [1.807, 2.05) is 31.1 Å². The molecule has 0 spiro atoms. The zero-order valence-electron chi connectivity index (χ0n) is 13.8. The van der Waals surface area contributed by atoms with Crippen molar-refractivity contribution in [1.82, 2.24) is 0 Å². The number of hydrogen-bond acceptors (Lipinski definition) is 5. The Labute approximate surface area is 136 Å². The Hall–Kier alpha value is -2.69. The molecule has 0 heterocycles. The van der Waals surface area contributed by atoms with Gasteiger partial charge >= 0.3 is 5.97 Å². The summed E-state index contributed by atoms with van der Waals surface area (Å²) in [6, 6.07) is 12.6. The summed E-state index contributed by atoms with van der Waals surface area (Å²) >= 11 is 0. The molecular weight excluding hydrogens is 294 g/mol. The van der Waals surface area contributed by atoms with Gasteiger partial charge in [-0.25, -0.2) is 4.79 Å². The van der Waals surface area contributed by atoms with E-state index in [2.05, 4.69) is 0 Å². The van der Waals surface area contributed by atoms with Crippen LogP contribution in [0.25, 0.3) is 0 Å². The number of carbonyl (C=O) groups is 1. The minimum atomic E-state index is -0.375. The molecular formula is C18H21NO4. The first-order valence-corrected chi connectivity index (χ1v) is 7.20. The van der Waals surface area contributed by atoms with E-state index in [1.165, 1.54) is 0 Å². The molecule has 0 saturated heterocycles. The highest BCUT2D eigenvalue weighted by Gasteiger charge is 2.11. The van der Waals surface area contributed by atoms with Crippen LogP contribution in [0.4, 0.5) is 5.69 Å². The summed E-state index contributed by atoms with van der Waals surface area (Å²) in [4.78, 5) is 14.1. The van der Waals surface area contributed by atoms with E-state index in [9.17, 15) is 4.79 Å². The third kappa shape index (κ3) is 4.16. The second kappa shape index (κ2) is 7.54. The van der Waals surface area contributed by atoms with E-state index in [0.717, 1.165) is 11.3 Å². The van der Waals surface area contributed by atoms with Crippen LogP contribution in [0.15, 0.2) is 42.5 Å². The van der Waals surface area contributed by atoms with Crippen LogP contribution in [0, 0.1) is 0 Å². The quantitative estimate of drug-likeness (QED) is 0.767. The largest absolute Gasteiger partial charge is 0.497 e. The summed E-state index contributed by atoms with van der Waals surface area (Å²) in [5.41, 5.74) is 2.29. The molecule has 0 N–H and O–H groups in total. The van der Waals surface area contributed by atoms with Crippen molar-refractivity contribution in [3.8, 4) is 11.5 Å². The van der Waals surface area contributed by atoms with E-state index in [0.29, 0.717) is 17.1 Å². The van der Waals surface area contributed by atoms with Gasteiger partial charge in [0, 0.05) is 25.3 Å². The number of ether oxygens (including phenoxy) is 3. The molecule has 0 saturated carbocycles. The van der Waals surface area contributed by atoms with Gasteiger partial charge in [0.25, 0.3) is 0 Å². The molecule has 5 heteroatoms. The molecule has 2 rings (SSSR count). The van der Waals surface area contributed by atoms with Crippen molar-refractivity contribution in [3.05, 3.63) is 53.6 Å². The van der Waals surface area contributed by atoms with Crippen LogP contribution in [0.5, 0.6) is 11.5 Å². The lowest BCUT2D eigenvalue weighted by atomic mass is 10.2. The number of benzene rings is 2. The van der Waals surface area contributed by atoms with E-state index < -0.39 is 0 Å². The molecule has 0 amide bonds. The first-order chi connectivity index (χ1) is 11.0. The van der Waals surface area contributed by atoms with Crippen molar-refractivity contribution in [2.75, 3.05) is 33.2 Å². The molecule has 2 aromatic rings. The van der Waals surface area contributed by atoms with Crippen LogP contribution in [0.1, 0.15) is 15.9 Å². The van der Waals surface area contributed by atoms with Crippen molar-refractivity contribution in [2.24, 2.45) is 0 Å². The number of carbonyl (C=O) groups excluding carboxylic acids is 1. The van der Waals surface area contributed by atoms with Crippen LogP contribution in [-0.2, 0) is 11.3 Å². The summed E-state index contributed by atoms with van der Waals surface area (Å²) in [6.07, 6.45) is 0. The van der Waals surface area contributed by atoms with Crippen molar-refractivity contribution in [3.63, 3.8) is 0 Å². The SMILES string of the molecule is COc1ccc(OC)c(COC(=O)c2ccc(N(C)C)cc2)c1. The molecule has 0 fully saturated rings. The van der Waals surface area contributed by atoms with Crippen molar-refractivity contribution in [1.29, 1.82) is 0 Å². The fraction of sp³-hybridized carbons (Fsp3) is 0.278. The molecule has 0 bridgehead atoms. The summed E-state index contributed by atoms with van der Waals surface area (Å²) in [7, 11) is 7.06. The predicted molar refractivity (Wildman–Crippen MR) is 89.4 cm³/mol. The van der Waals surface area contributed by atoms with Crippen molar-refractivity contribution >= 4 is 11.7 Å². The Morgan fingerprint density at radius 2 is 1.70 bits per heavy atom. The van der Waals surface area contributed by atoms with Crippen molar-refractivity contribution in [2.45, 2.75) is 6.61 Å². The zero-order chi connectivity index (χ0) is 16.8. The van der Waals surface area contributed by atoms with Gasteiger partial charge in [-0.3, -0.25) is 0 Å². The number of esters is 1. The highest BCUT2D eigenvalue weighted by atomic mass is 16.5. The Balaban J connectivity index is 2.06. The smallest absolute Gasteiger partial charge is 0.338 e. The van der Waals surface area contributed by atoms with Crippen molar-refractivity contribution < 1.29 is 19.0 Å². The minimum Gasteiger partial charge on any atom is -0.497 e. The highest BCUT2D eigenvalue weighted by molar-refractivity contribution is 5.89. The van der Waals surface area contributed by atoms with Gasteiger partial charge in [-0.1, -0.05) is 0 Å². The molecule has 23 heavy (non-hydrogen) atoms. The molecule has 0 aliphatic carbocycles. The van der Waals surface area contributed by atoms with Gasteiger partial charge < -0.3 is 19.1 Å². The van der Waals surface area contributed by atoms with Gasteiger partial charge in [-0.15, -0.1) is 0 Å². The fourth-order valence-electron chi connectivity index (χ4n) is 2.12. The van der Waals surface area contributed by atoms with Gasteiger partial charge in [-0.2, -0.15) is 0 Å². The van der Waals surface area contributed by atoms with E-state index in [4.69, 9.17) is 14.2 Å². The molecule has 0 unspecified atom stereocenters. The molecule has 0 aliphatic heterocycles. The lowest BCUT2D eigenvalue weighted by Gasteiger charge is -2.13. The normalized spacial score (nSPS) is 10.1. The summed E-state index contributed by atoms with van der Waals surface area (Å²) in [6.45, 7) is 0.120. The molecule has 5 nitrogen and oxygen atoms in total. The maximum absolute atomic E-state index is 12.1. The zero-order valence-corrected chi connectivity index (χ0v) is 13.8. The predicted octanol–water partition coefficient (Wildman–Crippen LogP) is 3.13. The summed E-state index contributed by atoms with van der Waals surface area (Å²) in [5, 5.41) is 0. The Bertz CT molecular complexity index is 665. The number of hydrogen-bond donors (Lipinski definition) is 0. The molecule has 0 aliphatic rings. The molecule has 0 aromatic heterocycles. The van der Waals surface area contributed by atoms with E-state index in [-0.39, 0.29) is 12.6 Å². The standard InChI is InChI=1S/C18H21NO4/c1-19(2)15-7-5-13(6-8-15)18(20)23-12-14-11-16(21-3)9-10-17(14)22-4/h5-11H,12H2,1-4H3. The van der Waals surface area contributed by atoms with E-state index in [1.54, 1.807) is 44.6 Å². The average molecular weight is 315 g/mol. The topological polar surface area (TPSA) is 48.0 Å². The first kappa shape index (κ1) is 16.7. The van der Waals surface area contributed by atoms with Crippen LogP contribution in [0.2, 0.25) is 0 Å². The Morgan fingerprint density at radius 3 is 2.26 bits per heavy atom. The average Bonchev–Trinajstić information content (AvgIpc) is 2.59. The third-order valence-corrected chi connectivity index (χ3v) is 3.47. The first-order valence-electron chi connectivity index (χ1n) is 7.20. The van der Waals surface area contributed by atoms with Gasteiger partial charge in [0.15, 0.2) is 0 Å². The van der Waals surface area contributed by atoms with Gasteiger partial charge in [0.2, 0.25) is 0 Å². The van der Waals surface area contributed by atoms with E-state index >= 15 is 0 Å². The maximum Gasteiger partial charge on any atom is 0.338 e. The van der Waals surface area contributed by atoms with Gasteiger partial charge in [0.1, 0.15) is 18.1 Å².